The summed E-state index contributed by atoms with van der Waals surface area (Å²) in [6.07, 6.45) is 2.24. The molecule has 174 valence electrons. The Labute approximate surface area is 194 Å². The van der Waals surface area contributed by atoms with Gasteiger partial charge >= 0.3 is 11.2 Å². The molecule has 0 amide bonds. The summed E-state index contributed by atoms with van der Waals surface area (Å²) < 4.78 is 14.7. The Morgan fingerprint density at radius 1 is 1.15 bits per heavy atom. The highest BCUT2D eigenvalue weighted by Gasteiger charge is 2.39. The molecular formula is C24H23FN6O3. The fourth-order valence-electron chi connectivity index (χ4n) is 4.98. The number of fused-ring (bicyclic) bond motifs is 1. The highest BCUT2D eigenvalue weighted by atomic mass is 19.1. The number of nitro groups is 1. The third kappa shape index (κ3) is 3.78. The normalized spacial score (nSPS) is 17.5. The van der Waals surface area contributed by atoms with Crippen LogP contribution in [-0.4, -0.2) is 45.6 Å². The average Bonchev–Trinajstić information content (AvgIpc) is 3.67. The van der Waals surface area contributed by atoms with Gasteiger partial charge in [0.1, 0.15) is 23.1 Å². The summed E-state index contributed by atoms with van der Waals surface area (Å²) in [5, 5.41) is 21.3. The largest absolute Gasteiger partial charge is 0.361 e. The summed E-state index contributed by atoms with van der Waals surface area (Å²) in [4.78, 5) is 32.7. The average molecular weight is 462 g/mol. The van der Waals surface area contributed by atoms with E-state index in [9.17, 15) is 24.6 Å². The lowest BCUT2D eigenvalue weighted by Gasteiger charge is -2.40. The molecule has 10 heteroatoms. The molecule has 1 unspecified atom stereocenters. The maximum atomic E-state index is 13.5. The quantitative estimate of drug-likeness (QED) is 0.423. The summed E-state index contributed by atoms with van der Waals surface area (Å²) in [7, 11) is 1.47. The molecule has 0 N–H and O–H groups in total. The molecule has 0 bridgehead atoms. The van der Waals surface area contributed by atoms with Gasteiger partial charge in [-0.1, -0.05) is 12.1 Å². The Balaban J connectivity index is 1.51. The van der Waals surface area contributed by atoms with Crippen LogP contribution in [0.5, 0.6) is 0 Å². The molecule has 9 nitrogen and oxygen atoms in total. The smallest absolute Gasteiger partial charge is 0.359 e. The molecule has 1 aliphatic heterocycles. The third-order valence-corrected chi connectivity index (χ3v) is 6.79. The van der Waals surface area contributed by atoms with Gasteiger partial charge in [0.25, 0.3) is 0 Å². The molecule has 34 heavy (non-hydrogen) atoms. The number of hydrogen-bond acceptors (Lipinski definition) is 7. The maximum absolute atomic E-state index is 13.5. The van der Waals surface area contributed by atoms with Gasteiger partial charge in [0.15, 0.2) is 5.69 Å². The fourth-order valence-corrected chi connectivity index (χ4v) is 4.98. The summed E-state index contributed by atoms with van der Waals surface area (Å²) in [6.45, 7) is 2.19. The van der Waals surface area contributed by atoms with Gasteiger partial charge in [-0.05, 0) is 48.6 Å². The van der Waals surface area contributed by atoms with E-state index in [0.29, 0.717) is 37.6 Å². The monoisotopic (exact) mass is 462 g/mol. The second-order valence-electron chi connectivity index (χ2n) is 8.85. The van der Waals surface area contributed by atoms with Gasteiger partial charge in [0.2, 0.25) is 0 Å². The second-order valence-corrected chi connectivity index (χ2v) is 8.85. The molecule has 2 aliphatic rings. The van der Waals surface area contributed by atoms with Gasteiger partial charge < -0.3 is 9.47 Å². The van der Waals surface area contributed by atoms with Crippen LogP contribution in [0.25, 0.3) is 11.0 Å². The highest BCUT2D eigenvalue weighted by Crippen LogP contribution is 2.45. The van der Waals surface area contributed by atoms with Crippen molar-refractivity contribution in [1.82, 2.24) is 14.5 Å². The van der Waals surface area contributed by atoms with Crippen molar-refractivity contribution in [1.29, 1.82) is 5.26 Å². The first kappa shape index (κ1) is 22.0. The number of nitriles is 1. The number of aryl methyl sites for hydroxylation is 1. The maximum Gasteiger partial charge on any atom is 0.359 e. The van der Waals surface area contributed by atoms with E-state index in [2.05, 4.69) is 9.88 Å². The zero-order chi connectivity index (χ0) is 24.0. The predicted octanol–water partition coefficient (Wildman–Crippen LogP) is 3.13. The van der Waals surface area contributed by atoms with Crippen LogP contribution in [0.3, 0.4) is 0 Å². The molecule has 0 spiro atoms. The SMILES string of the molecule is Cn1c(=O)c([N+](=O)[O-])c(N2CCN(C(c3ccc(F)cc3)C3CC3)CC2)c2nc(C#N)ccc21. The van der Waals surface area contributed by atoms with Gasteiger partial charge in [-0.3, -0.25) is 19.8 Å². The first-order chi connectivity index (χ1) is 16.4. The highest BCUT2D eigenvalue weighted by molar-refractivity contribution is 5.94. The number of nitrogens with zero attached hydrogens (tertiary/aromatic N) is 6. The van der Waals surface area contributed by atoms with Crippen molar-refractivity contribution < 1.29 is 9.31 Å². The van der Waals surface area contributed by atoms with E-state index in [1.54, 1.807) is 6.07 Å². The molecule has 2 aromatic heterocycles. The van der Waals surface area contributed by atoms with E-state index in [4.69, 9.17) is 0 Å². The molecule has 1 saturated heterocycles. The summed E-state index contributed by atoms with van der Waals surface area (Å²) in [5.41, 5.74) is 0.859. The van der Waals surface area contributed by atoms with E-state index in [1.165, 1.54) is 29.8 Å². The first-order valence-electron chi connectivity index (χ1n) is 11.2. The van der Waals surface area contributed by atoms with Crippen molar-refractivity contribution in [2.45, 2.75) is 18.9 Å². The van der Waals surface area contributed by atoms with E-state index < -0.39 is 16.2 Å². The van der Waals surface area contributed by atoms with Crippen LogP contribution in [0.15, 0.2) is 41.2 Å². The van der Waals surface area contributed by atoms with Crippen LogP contribution in [-0.2, 0) is 7.05 Å². The van der Waals surface area contributed by atoms with E-state index >= 15 is 0 Å². The minimum Gasteiger partial charge on any atom is -0.361 e. The van der Waals surface area contributed by atoms with Crippen LogP contribution in [0.4, 0.5) is 15.8 Å². The van der Waals surface area contributed by atoms with Crippen LogP contribution >= 0.6 is 0 Å². The molecule has 3 aromatic rings. The summed E-state index contributed by atoms with van der Waals surface area (Å²) in [6, 6.07) is 11.9. The number of halogens is 1. The Kier molecular flexibility index (Phi) is 5.49. The lowest BCUT2D eigenvalue weighted by molar-refractivity contribution is -0.385. The lowest BCUT2D eigenvalue weighted by Crippen LogP contribution is -2.48. The third-order valence-electron chi connectivity index (χ3n) is 6.79. The number of pyridine rings is 2. The van der Waals surface area contributed by atoms with Gasteiger partial charge in [0, 0.05) is 39.3 Å². The van der Waals surface area contributed by atoms with Gasteiger partial charge in [-0.15, -0.1) is 0 Å². The Morgan fingerprint density at radius 3 is 2.41 bits per heavy atom. The Morgan fingerprint density at radius 2 is 1.82 bits per heavy atom. The first-order valence-corrected chi connectivity index (χ1v) is 11.2. The van der Waals surface area contributed by atoms with Crippen LogP contribution < -0.4 is 10.5 Å². The van der Waals surface area contributed by atoms with Crippen LogP contribution in [0.1, 0.15) is 30.1 Å². The molecule has 3 heterocycles. The standard InChI is InChI=1S/C24H23FN6O3/c1-28-19-9-8-18(14-26)27-20(19)22(23(24(28)32)31(33)34)30-12-10-29(11-13-30)21(15-2-3-15)16-4-6-17(25)7-5-16/h4-9,15,21H,2-3,10-13H2,1H3. The zero-order valence-corrected chi connectivity index (χ0v) is 18.6. The fraction of sp³-hybridized carbons (Fsp3) is 0.375. The minimum absolute atomic E-state index is 0.130. The number of hydrogen-bond donors (Lipinski definition) is 0. The number of aromatic nitrogens is 2. The second kappa shape index (κ2) is 8.50. The Hall–Kier alpha value is -3.84. The molecule has 1 saturated carbocycles. The van der Waals surface area contributed by atoms with Crippen LogP contribution in [0, 0.1) is 33.2 Å². The van der Waals surface area contributed by atoms with E-state index in [-0.39, 0.29) is 28.8 Å². The number of rotatable bonds is 5. The zero-order valence-electron chi connectivity index (χ0n) is 18.6. The van der Waals surface area contributed by atoms with E-state index in [0.717, 1.165) is 18.4 Å². The number of benzene rings is 1. The Bertz CT molecular complexity index is 1370. The van der Waals surface area contributed by atoms with Crippen molar-refractivity contribution in [2.75, 3.05) is 31.1 Å². The number of piperazine rings is 1. The molecule has 5 rings (SSSR count). The predicted molar refractivity (Wildman–Crippen MR) is 124 cm³/mol. The molecule has 1 aliphatic carbocycles. The van der Waals surface area contributed by atoms with Crippen molar-refractivity contribution in [2.24, 2.45) is 13.0 Å². The molecule has 2 fully saturated rings. The minimum atomic E-state index is -0.705. The molecule has 1 atom stereocenters. The van der Waals surface area contributed by atoms with Gasteiger partial charge in [0.05, 0.1) is 10.4 Å². The van der Waals surface area contributed by atoms with Crippen molar-refractivity contribution >= 4 is 22.4 Å². The lowest BCUT2D eigenvalue weighted by atomic mass is 9.99. The van der Waals surface area contributed by atoms with Crippen molar-refractivity contribution in [3.05, 3.63) is 73.9 Å². The van der Waals surface area contributed by atoms with Crippen molar-refractivity contribution in [3.8, 4) is 6.07 Å². The topological polar surface area (TPSA) is 108 Å². The van der Waals surface area contributed by atoms with Gasteiger partial charge in [-0.25, -0.2) is 9.37 Å². The summed E-state index contributed by atoms with van der Waals surface area (Å²) in [5.74, 6) is 0.244. The van der Waals surface area contributed by atoms with E-state index in [1.807, 2.05) is 23.1 Å². The molecule has 0 radical (unpaired) electrons. The van der Waals surface area contributed by atoms with Crippen LogP contribution in [0.2, 0.25) is 0 Å². The molecule has 1 aromatic carbocycles. The molecular weight excluding hydrogens is 439 g/mol. The number of anilines is 1. The summed E-state index contributed by atoms with van der Waals surface area (Å²) >= 11 is 0. The van der Waals surface area contributed by atoms with Crippen molar-refractivity contribution in [3.63, 3.8) is 0 Å². The van der Waals surface area contributed by atoms with Gasteiger partial charge in [-0.2, -0.15) is 5.26 Å².